The first-order chi connectivity index (χ1) is 9.58. The van der Waals surface area contributed by atoms with Gasteiger partial charge in [0.2, 0.25) is 5.91 Å². The lowest BCUT2D eigenvalue weighted by Gasteiger charge is -2.11. The molecule has 0 spiro atoms. The molecule has 108 valence electrons. The van der Waals surface area contributed by atoms with Crippen molar-refractivity contribution in [1.82, 2.24) is 5.32 Å². The number of aliphatic carboxylic acids is 1. The molecule has 1 aromatic carbocycles. The van der Waals surface area contributed by atoms with Crippen LogP contribution in [0.1, 0.15) is 24.3 Å². The van der Waals surface area contributed by atoms with Gasteiger partial charge in [-0.15, -0.1) is 0 Å². The predicted octanol–water partition coefficient (Wildman–Crippen LogP) is 0.538. The van der Waals surface area contributed by atoms with Gasteiger partial charge in [0.15, 0.2) is 6.10 Å². The minimum absolute atomic E-state index is 0.0145. The van der Waals surface area contributed by atoms with E-state index in [0.29, 0.717) is 6.42 Å². The summed E-state index contributed by atoms with van der Waals surface area (Å²) in [6.45, 7) is 0.888. The molecule has 6 nitrogen and oxygen atoms in total. The van der Waals surface area contributed by atoms with Gasteiger partial charge in [-0.05, 0) is 11.6 Å². The number of carboxylic acid groups (broad SMARTS) is 1. The SMILES string of the molecule is O=C(CC1CNc2ccccc21)NCC[C@H](O)C(=O)O. The summed E-state index contributed by atoms with van der Waals surface area (Å²) in [5.41, 5.74) is 2.19. The number of carbonyl (C=O) groups excluding carboxylic acids is 1. The van der Waals surface area contributed by atoms with Gasteiger partial charge in [-0.3, -0.25) is 4.79 Å². The Hall–Kier alpha value is -2.08. The van der Waals surface area contributed by atoms with E-state index in [-0.39, 0.29) is 24.8 Å². The lowest BCUT2D eigenvalue weighted by Crippen LogP contribution is -2.31. The molecule has 0 aliphatic carbocycles. The van der Waals surface area contributed by atoms with E-state index >= 15 is 0 Å². The maximum Gasteiger partial charge on any atom is 0.332 e. The molecule has 6 heteroatoms. The van der Waals surface area contributed by atoms with Crippen LogP contribution in [0.25, 0.3) is 0 Å². The van der Waals surface area contributed by atoms with Gasteiger partial charge in [-0.25, -0.2) is 4.79 Å². The molecule has 2 atom stereocenters. The molecule has 20 heavy (non-hydrogen) atoms. The maximum absolute atomic E-state index is 11.8. The summed E-state index contributed by atoms with van der Waals surface area (Å²) >= 11 is 0. The second-order valence-corrected chi connectivity index (χ2v) is 4.86. The number of carbonyl (C=O) groups is 2. The summed E-state index contributed by atoms with van der Waals surface area (Å²) < 4.78 is 0. The van der Waals surface area contributed by atoms with E-state index in [0.717, 1.165) is 17.8 Å². The van der Waals surface area contributed by atoms with Gasteiger partial charge in [0, 0.05) is 37.5 Å². The van der Waals surface area contributed by atoms with Crippen LogP contribution in [0, 0.1) is 0 Å². The van der Waals surface area contributed by atoms with Gasteiger partial charge in [0.25, 0.3) is 0 Å². The smallest absolute Gasteiger partial charge is 0.332 e. The molecule has 2 rings (SSSR count). The minimum Gasteiger partial charge on any atom is -0.479 e. The molecule has 0 bridgehead atoms. The molecule has 0 saturated heterocycles. The fourth-order valence-corrected chi connectivity index (χ4v) is 2.31. The Bertz CT molecular complexity index is 504. The molecule has 1 aromatic rings. The number of hydrogen-bond donors (Lipinski definition) is 4. The van der Waals surface area contributed by atoms with Crippen LogP contribution in [0.5, 0.6) is 0 Å². The summed E-state index contributed by atoms with van der Waals surface area (Å²) in [5, 5.41) is 23.5. The number of nitrogens with one attached hydrogen (secondary N) is 2. The van der Waals surface area contributed by atoms with Crippen LogP contribution in [0.3, 0.4) is 0 Å². The molecule has 1 amide bonds. The number of amides is 1. The first-order valence-electron chi connectivity index (χ1n) is 6.58. The van der Waals surface area contributed by atoms with Crippen molar-refractivity contribution in [3.05, 3.63) is 29.8 Å². The predicted molar refractivity (Wildman–Crippen MR) is 73.6 cm³/mol. The van der Waals surface area contributed by atoms with Crippen molar-refractivity contribution < 1.29 is 19.8 Å². The molecule has 4 N–H and O–H groups in total. The summed E-state index contributed by atoms with van der Waals surface area (Å²) in [4.78, 5) is 22.2. The third-order valence-corrected chi connectivity index (χ3v) is 3.40. The zero-order valence-electron chi connectivity index (χ0n) is 11.0. The Morgan fingerprint density at radius 3 is 2.90 bits per heavy atom. The lowest BCUT2D eigenvalue weighted by molar-refractivity contribution is -0.147. The second-order valence-electron chi connectivity index (χ2n) is 4.86. The monoisotopic (exact) mass is 278 g/mol. The van der Waals surface area contributed by atoms with Crippen molar-refractivity contribution in [2.45, 2.75) is 24.9 Å². The highest BCUT2D eigenvalue weighted by atomic mass is 16.4. The number of para-hydroxylation sites is 1. The van der Waals surface area contributed by atoms with Crippen molar-refractivity contribution in [1.29, 1.82) is 0 Å². The maximum atomic E-state index is 11.8. The lowest BCUT2D eigenvalue weighted by atomic mass is 9.97. The highest BCUT2D eigenvalue weighted by Crippen LogP contribution is 2.32. The van der Waals surface area contributed by atoms with Crippen molar-refractivity contribution in [2.24, 2.45) is 0 Å². The number of fused-ring (bicyclic) bond motifs is 1. The van der Waals surface area contributed by atoms with E-state index in [9.17, 15) is 9.59 Å². The average Bonchev–Trinajstić information content (AvgIpc) is 2.82. The van der Waals surface area contributed by atoms with E-state index in [1.165, 1.54) is 0 Å². The zero-order valence-corrected chi connectivity index (χ0v) is 11.0. The number of benzene rings is 1. The molecule has 0 radical (unpaired) electrons. The van der Waals surface area contributed by atoms with Crippen molar-refractivity contribution in [3.8, 4) is 0 Å². The number of aliphatic hydroxyl groups is 1. The van der Waals surface area contributed by atoms with Gasteiger partial charge in [-0.1, -0.05) is 18.2 Å². The zero-order chi connectivity index (χ0) is 14.5. The third kappa shape index (κ3) is 3.48. The van der Waals surface area contributed by atoms with Crippen LogP contribution >= 0.6 is 0 Å². The molecule has 0 saturated carbocycles. The largest absolute Gasteiger partial charge is 0.479 e. The van der Waals surface area contributed by atoms with E-state index in [1.54, 1.807) is 0 Å². The summed E-state index contributed by atoms with van der Waals surface area (Å²) in [5.74, 6) is -1.27. The number of hydrogen-bond acceptors (Lipinski definition) is 4. The van der Waals surface area contributed by atoms with E-state index in [2.05, 4.69) is 10.6 Å². The average molecular weight is 278 g/mol. The Kier molecular flexibility index (Phi) is 4.57. The number of aliphatic hydroxyl groups excluding tert-OH is 1. The molecular formula is C14H18N2O4. The number of carboxylic acids is 1. The topological polar surface area (TPSA) is 98.7 Å². The molecule has 1 aliphatic rings. The van der Waals surface area contributed by atoms with Crippen LogP contribution < -0.4 is 10.6 Å². The van der Waals surface area contributed by atoms with E-state index < -0.39 is 12.1 Å². The molecule has 1 heterocycles. The van der Waals surface area contributed by atoms with Crippen LogP contribution in [0.2, 0.25) is 0 Å². The molecule has 0 fully saturated rings. The van der Waals surface area contributed by atoms with Crippen LogP contribution in [0.15, 0.2) is 24.3 Å². The fourth-order valence-electron chi connectivity index (χ4n) is 2.31. The van der Waals surface area contributed by atoms with Gasteiger partial charge < -0.3 is 20.8 Å². The van der Waals surface area contributed by atoms with Crippen LogP contribution in [0.4, 0.5) is 5.69 Å². The second kappa shape index (κ2) is 6.38. The molecule has 1 aliphatic heterocycles. The van der Waals surface area contributed by atoms with E-state index in [4.69, 9.17) is 10.2 Å². The Balaban J connectivity index is 1.77. The first kappa shape index (κ1) is 14.3. The Labute approximate surface area is 116 Å². The van der Waals surface area contributed by atoms with Crippen molar-refractivity contribution >= 4 is 17.6 Å². The van der Waals surface area contributed by atoms with E-state index in [1.807, 2.05) is 24.3 Å². The Morgan fingerprint density at radius 1 is 1.40 bits per heavy atom. The molecule has 0 aromatic heterocycles. The molecule has 1 unspecified atom stereocenters. The van der Waals surface area contributed by atoms with Crippen LogP contribution in [-0.2, 0) is 9.59 Å². The number of rotatable bonds is 6. The highest BCUT2D eigenvalue weighted by molar-refractivity contribution is 5.78. The summed E-state index contributed by atoms with van der Waals surface area (Å²) in [6, 6.07) is 7.87. The standard InChI is InChI=1S/C14H18N2O4/c17-12(14(19)20)5-6-15-13(18)7-9-8-16-11-4-2-1-3-10(9)11/h1-4,9,12,16-17H,5-8H2,(H,15,18)(H,19,20)/t9?,12-/m0/s1. The first-order valence-corrected chi connectivity index (χ1v) is 6.58. The van der Waals surface area contributed by atoms with Crippen molar-refractivity contribution in [3.63, 3.8) is 0 Å². The third-order valence-electron chi connectivity index (χ3n) is 3.40. The minimum atomic E-state index is -1.43. The number of anilines is 1. The van der Waals surface area contributed by atoms with Crippen molar-refractivity contribution in [2.75, 3.05) is 18.4 Å². The van der Waals surface area contributed by atoms with Gasteiger partial charge in [0.05, 0.1) is 0 Å². The molecular weight excluding hydrogens is 260 g/mol. The summed E-state index contributed by atoms with van der Waals surface area (Å²) in [7, 11) is 0. The van der Waals surface area contributed by atoms with Gasteiger partial charge in [0.1, 0.15) is 0 Å². The van der Waals surface area contributed by atoms with Gasteiger partial charge >= 0.3 is 5.97 Å². The van der Waals surface area contributed by atoms with Crippen LogP contribution in [-0.4, -0.2) is 41.3 Å². The normalized spacial score (nSPS) is 17.9. The highest BCUT2D eigenvalue weighted by Gasteiger charge is 2.24. The fraction of sp³-hybridized carbons (Fsp3) is 0.429. The quantitative estimate of drug-likeness (QED) is 0.608. The Morgan fingerprint density at radius 2 is 2.15 bits per heavy atom. The van der Waals surface area contributed by atoms with Gasteiger partial charge in [-0.2, -0.15) is 0 Å². The summed E-state index contributed by atoms with van der Waals surface area (Å²) in [6.07, 6.45) is -1.06.